The van der Waals surface area contributed by atoms with Crippen LogP contribution in [0.25, 0.3) is 11.0 Å². The van der Waals surface area contributed by atoms with Gasteiger partial charge in [-0.15, -0.1) is 0 Å². The maximum absolute atomic E-state index is 6.14. The van der Waals surface area contributed by atoms with E-state index in [-0.39, 0.29) is 0 Å². The zero-order chi connectivity index (χ0) is 23.6. The van der Waals surface area contributed by atoms with Crippen LogP contribution >= 0.6 is 0 Å². The molecule has 1 fully saturated rings. The van der Waals surface area contributed by atoms with Crippen LogP contribution in [0.5, 0.6) is 17.4 Å². The first-order chi connectivity index (χ1) is 17.3. The first-order valence-corrected chi connectivity index (χ1v) is 12.2. The van der Waals surface area contributed by atoms with E-state index in [0.717, 1.165) is 79.7 Å². The highest BCUT2D eigenvalue weighted by Gasteiger charge is 2.27. The Balaban J connectivity index is 1.14. The third kappa shape index (κ3) is 4.23. The van der Waals surface area contributed by atoms with Gasteiger partial charge in [-0.3, -0.25) is 4.90 Å². The maximum Gasteiger partial charge on any atom is 0.264 e. The molecule has 0 unspecified atom stereocenters. The number of piperazine rings is 1. The molecule has 178 valence electrons. The van der Waals surface area contributed by atoms with E-state index in [0.29, 0.717) is 5.88 Å². The summed E-state index contributed by atoms with van der Waals surface area (Å²) in [5.41, 5.74) is 3.96. The number of benzene rings is 3. The fourth-order valence-electron chi connectivity index (χ4n) is 4.99. The third-order valence-corrected chi connectivity index (χ3v) is 6.79. The van der Waals surface area contributed by atoms with E-state index in [9.17, 15) is 0 Å². The molecule has 6 rings (SSSR count). The molecular weight excluding hydrogens is 438 g/mol. The monoisotopic (exact) mass is 467 g/mol. The van der Waals surface area contributed by atoms with Crippen molar-refractivity contribution in [2.45, 2.75) is 6.42 Å². The number of rotatable bonds is 6. The molecule has 7 heteroatoms. The molecule has 0 spiro atoms. The molecule has 0 amide bonds. The van der Waals surface area contributed by atoms with Gasteiger partial charge in [0, 0.05) is 32.7 Å². The van der Waals surface area contributed by atoms with Crippen molar-refractivity contribution in [3.63, 3.8) is 0 Å². The summed E-state index contributed by atoms with van der Waals surface area (Å²) in [5.74, 6) is 3.14. The van der Waals surface area contributed by atoms with Crippen molar-refractivity contribution >= 4 is 28.2 Å². The molecule has 35 heavy (non-hydrogen) atoms. The van der Waals surface area contributed by atoms with Gasteiger partial charge in [-0.2, -0.15) is 0 Å². The number of anilines is 3. The Labute approximate surface area is 205 Å². The van der Waals surface area contributed by atoms with Crippen LogP contribution in [0, 0.1) is 0 Å². The lowest BCUT2D eigenvalue weighted by Gasteiger charge is -2.37. The highest BCUT2D eigenvalue weighted by Crippen LogP contribution is 2.45. The maximum atomic E-state index is 6.14. The van der Waals surface area contributed by atoms with Crippen LogP contribution in [-0.2, 0) is 0 Å². The van der Waals surface area contributed by atoms with Crippen molar-refractivity contribution < 1.29 is 9.47 Å². The Hall–Kier alpha value is -3.84. The van der Waals surface area contributed by atoms with Crippen LogP contribution in [0.15, 0.2) is 72.8 Å². The number of methoxy groups -OCH3 is 1. The summed E-state index contributed by atoms with van der Waals surface area (Å²) in [4.78, 5) is 16.9. The zero-order valence-electron chi connectivity index (χ0n) is 19.9. The van der Waals surface area contributed by atoms with Gasteiger partial charge in [0.1, 0.15) is 5.75 Å². The standard InChI is InChI=1S/C28H29N5O2/c1-34-25-13-6-4-11-23(25)32-19-17-31(18-20-32)15-8-16-33-24-12-5-7-14-26(24)35-28-27(33)29-21-9-2-3-10-22(21)30-28/h2-7,9-14H,8,15-20H2,1H3. The number of ether oxygens (including phenoxy) is 2. The van der Waals surface area contributed by atoms with Crippen LogP contribution < -0.4 is 19.3 Å². The number of hydrogen-bond acceptors (Lipinski definition) is 7. The molecule has 0 radical (unpaired) electrons. The number of para-hydroxylation sites is 6. The summed E-state index contributed by atoms with van der Waals surface area (Å²) in [6.07, 6.45) is 1.02. The topological polar surface area (TPSA) is 54.0 Å². The Morgan fingerprint density at radius 2 is 1.46 bits per heavy atom. The van der Waals surface area contributed by atoms with E-state index < -0.39 is 0 Å². The molecule has 3 heterocycles. The highest BCUT2D eigenvalue weighted by atomic mass is 16.5. The Morgan fingerprint density at radius 3 is 2.26 bits per heavy atom. The molecule has 2 aliphatic heterocycles. The van der Waals surface area contributed by atoms with Crippen LogP contribution in [0.1, 0.15) is 6.42 Å². The van der Waals surface area contributed by atoms with Gasteiger partial charge in [0.25, 0.3) is 5.88 Å². The second kappa shape index (κ2) is 9.43. The number of aromatic nitrogens is 2. The van der Waals surface area contributed by atoms with Gasteiger partial charge in [-0.05, 0) is 49.4 Å². The van der Waals surface area contributed by atoms with Crippen LogP contribution in [0.3, 0.4) is 0 Å². The predicted octanol–water partition coefficient (Wildman–Crippen LogP) is 5.09. The van der Waals surface area contributed by atoms with E-state index in [1.807, 2.05) is 54.6 Å². The van der Waals surface area contributed by atoms with Crippen molar-refractivity contribution in [2.24, 2.45) is 0 Å². The van der Waals surface area contributed by atoms with Crippen molar-refractivity contribution in [1.82, 2.24) is 14.9 Å². The van der Waals surface area contributed by atoms with Crippen molar-refractivity contribution in [3.8, 4) is 17.4 Å². The van der Waals surface area contributed by atoms with Gasteiger partial charge < -0.3 is 19.3 Å². The average Bonchev–Trinajstić information content (AvgIpc) is 2.92. The Bertz CT molecular complexity index is 1340. The SMILES string of the molecule is COc1ccccc1N1CCN(CCCN2c3ccccc3Oc3nc4ccccc4nc32)CC1. The quantitative estimate of drug-likeness (QED) is 0.391. The van der Waals surface area contributed by atoms with Gasteiger partial charge in [0.2, 0.25) is 0 Å². The van der Waals surface area contributed by atoms with E-state index in [2.05, 4.69) is 32.9 Å². The van der Waals surface area contributed by atoms with E-state index >= 15 is 0 Å². The number of fused-ring (bicyclic) bond motifs is 3. The zero-order valence-corrected chi connectivity index (χ0v) is 19.9. The largest absolute Gasteiger partial charge is 0.495 e. The molecule has 1 aromatic heterocycles. The lowest BCUT2D eigenvalue weighted by atomic mass is 10.2. The molecule has 0 bridgehead atoms. The van der Waals surface area contributed by atoms with Crippen LogP contribution in [0.4, 0.5) is 17.2 Å². The molecule has 7 nitrogen and oxygen atoms in total. The lowest BCUT2D eigenvalue weighted by molar-refractivity contribution is 0.255. The average molecular weight is 468 g/mol. The summed E-state index contributed by atoms with van der Waals surface area (Å²) < 4.78 is 11.7. The third-order valence-electron chi connectivity index (χ3n) is 6.79. The molecule has 4 aromatic rings. The van der Waals surface area contributed by atoms with Crippen molar-refractivity contribution in [1.29, 1.82) is 0 Å². The van der Waals surface area contributed by atoms with Gasteiger partial charge in [0.05, 0.1) is 29.5 Å². The first kappa shape index (κ1) is 21.7. The minimum absolute atomic E-state index is 0.577. The normalized spacial score (nSPS) is 15.5. The molecule has 0 atom stereocenters. The minimum Gasteiger partial charge on any atom is -0.495 e. The van der Waals surface area contributed by atoms with Crippen molar-refractivity contribution in [2.75, 3.05) is 56.2 Å². The van der Waals surface area contributed by atoms with Gasteiger partial charge in [0.15, 0.2) is 11.6 Å². The first-order valence-electron chi connectivity index (χ1n) is 12.2. The molecule has 0 N–H and O–H groups in total. The highest BCUT2D eigenvalue weighted by molar-refractivity contribution is 5.82. The summed E-state index contributed by atoms with van der Waals surface area (Å²) in [6.45, 7) is 5.97. The van der Waals surface area contributed by atoms with Gasteiger partial charge in [-0.1, -0.05) is 36.4 Å². The fraction of sp³-hybridized carbons (Fsp3) is 0.286. The number of hydrogen-bond donors (Lipinski definition) is 0. The predicted molar refractivity (Wildman–Crippen MR) is 139 cm³/mol. The Kier molecular flexibility index (Phi) is 5.84. The van der Waals surface area contributed by atoms with Crippen molar-refractivity contribution in [3.05, 3.63) is 72.8 Å². The second-order valence-corrected chi connectivity index (χ2v) is 8.92. The van der Waals surface area contributed by atoms with Gasteiger partial charge in [-0.25, -0.2) is 9.97 Å². The molecule has 3 aromatic carbocycles. The van der Waals surface area contributed by atoms with Crippen LogP contribution in [-0.4, -0.2) is 61.2 Å². The van der Waals surface area contributed by atoms with E-state index in [4.69, 9.17) is 19.4 Å². The van der Waals surface area contributed by atoms with Gasteiger partial charge >= 0.3 is 0 Å². The fourth-order valence-corrected chi connectivity index (χ4v) is 4.99. The molecule has 0 aliphatic carbocycles. The van der Waals surface area contributed by atoms with Crippen LogP contribution in [0.2, 0.25) is 0 Å². The molecule has 2 aliphatic rings. The molecule has 0 saturated carbocycles. The van der Waals surface area contributed by atoms with E-state index in [1.54, 1.807) is 7.11 Å². The second-order valence-electron chi connectivity index (χ2n) is 8.92. The molecular formula is C28H29N5O2. The molecule has 1 saturated heterocycles. The summed E-state index contributed by atoms with van der Waals surface area (Å²) in [6, 6.07) is 24.4. The number of nitrogens with zero attached hydrogens (tertiary/aromatic N) is 5. The Morgan fingerprint density at radius 1 is 0.771 bits per heavy atom. The summed E-state index contributed by atoms with van der Waals surface area (Å²) in [7, 11) is 1.74. The lowest BCUT2D eigenvalue weighted by Crippen LogP contribution is -2.47. The van der Waals surface area contributed by atoms with E-state index in [1.165, 1.54) is 5.69 Å². The summed E-state index contributed by atoms with van der Waals surface area (Å²) >= 11 is 0. The smallest absolute Gasteiger partial charge is 0.264 e. The minimum atomic E-state index is 0.577. The summed E-state index contributed by atoms with van der Waals surface area (Å²) in [5, 5.41) is 0.